The van der Waals surface area contributed by atoms with Crippen molar-refractivity contribution in [3.63, 3.8) is 0 Å². The van der Waals surface area contributed by atoms with E-state index in [-0.39, 0.29) is 6.61 Å². The van der Waals surface area contributed by atoms with Crippen molar-refractivity contribution in [1.82, 2.24) is 14.9 Å². The molecule has 1 aliphatic rings. The molecule has 2 rings (SSSR count). The maximum absolute atomic E-state index is 9.10. The van der Waals surface area contributed by atoms with Crippen LogP contribution < -0.4 is 0 Å². The van der Waals surface area contributed by atoms with Gasteiger partial charge in [0, 0.05) is 37.1 Å². The second kappa shape index (κ2) is 5.92. The lowest BCUT2D eigenvalue weighted by Gasteiger charge is -2.27. The molecule has 4 nitrogen and oxygen atoms in total. The van der Waals surface area contributed by atoms with Crippen molar-refractivity contribution in [3.05, 3.63) is 24.3 Å². The number of hydrogen-bond acceptors (Lipinski definition) is 4. The van der Waals surface area contributed by atoms with Crippen molar-refractivity contribution in [3.8, 4) is 0 Å². The topological polar surface area (TPSA) is 49.2 Å². The van der Waals surface area contributed by atoms with Gasteiger partial charge in [0.05, 0.1) is 6.61 Å². The molecule has 1 heterocycles. The van der Waals surface area contributed by atoms with Gasteiger partial charge < -0.3 is 5.11 Å². The monoisotopic (exact) mass is 221 g/mol. The minimum absolute atomic E-state index is 0.226. The van der Waals surface area contributed by atoms with Crippen LogP contribution in [-0.4, -0.2) is 39.2 Å². The fourth-order valence-corrected chi connectivity index (χ4v) is 2.43. The van der Waals surface area contributed by atoms with Crippen LogP contribution in [0.4, 0.5) is 0 Å². The van der Waals surface area contributed by atoms with Crippen molar-refractivity contribution >= 4 is 0 Å². The number of nitrogens with zero attached hydrogens (tertiary/aromatic N) is 3. The van der Waals surface area contributed by atoms with Gasteiger partial charge in [0.1, 0.15) is 6.33 Å². The summed E-state index contributed by atoms with van der Waals surface area (Å²) in [5.74, 6) is 0. The normalized spacial score (nSPS) is 17.1. The van der Waals surface area contributed by atoms with E-state index in [1.807, 2.05) is 12.4 Å². The zero-order valence-electron chi connectivity index (χ0n) is 9.55. The number of aliphatic hydroxyl groups excluding tert-OH is 1. The largest absolute Gasteiger partial charge is 0.395 e. The second-order valence-corrected chi connectivity index (χ2v) is 4.38. The Morgan fingerprint density at radius 2 is 1.94 bits per heavy atom. The second-order valence-electron chi connectivity index (χ2n) is 4.38. The molecule has 1 saturated carbocycles. The molecule has 4 heteroatoms. The van der Waals surface area contributed by atoms with E-state index in [1.165, 1.54) is 25.7 Å². The molecule has 0 unspecified atom stereocenters. The van der Waals surface area contributed by atoms with E-state index in [4.69, 9.17) is 5.11 Å². The summed E-state index contributed by atoms with van der Waals surface area (Å²) in [4.78, 5) is 10.4. The summed E-state index contributed by atoms with van der Waals surface area (Å²) in [7, 11) is 0. The van der Waals surface area contributed by atoms with Crippen LogP contribution in [0.1, 0.15) is 31.2 Å². The first-order valence-corrected chi connectivity index (χ1v) is 5.99. The van der Waals surface area contributed by atoms with Crippen molar-refractivity contribution in [2.75, 3.05) is 13.2 Å². The Hall–Kier alpha value is -1.00. The van der Waals surface area contributed by atoms with E-state index in [1.54, 1.807) is 6.33 Å². The van der Waals surface area contributed by atoms with E-state index in [0.29, 0.717) is 6.04 Å². The average molecular weight is 221 g/mol. The van der Waals surface area contributed by atoms with Crippen LogP contribution in [0, 0.1) is 0 Å². The van der Waals surface area contributed by atoms with Gasteiger partial charge in [-0.05, 0) is 12.8 Å². The first kappa shape index (κ1) is 11.5. The molecule has 1 aromatic rings. The molecule has 0 aromatic carbocycles. The lowest BCUT2D eigenvalue weighted by molar-refractivity contribution is 0.144. The summed E-state index contributed by atoms with van der Waals surface area (Å²) in [5, 5.41) is 9.10. The molecule has 1 aromatic heterocycles. The Morgan fingerprint density at radius 1 is 1.25 bits per heavy atom. The van der Waals surface area contributed by atoms with Crippen LogP contribution in [0.15, 0.2) is 18.7 Å². The van der Waals surface area contributed by atoms with Gasteiger partial charge in [-0.1, -0.05) is 12.8 Å². The number of aromatic nitrogens is 2. The Bertz CT molecular complexity index is 298. The van der Waals surface area contributed by atoms with Gasteiger partial charge in [-0.15, -0.1) is 0 Å². The first-order valence-electron chi connectivity index (χ1n) is 5.99. The molecule has 0 saturated heterocycles. The van der Waals surface area contributed by atoms with E-state index in [0.717, 1.165) is 18.7 Å². The minimum Gasteiger partial charge on any atom is -0.395 e. The van der Waals surface area contributed by atoms with Crippen molar-refractivity contribution in [2.45, 2.75) is 38.3 Å². The van der Waals surface area contributed by atoms with Gasteiger partial charge in [0.25, 0.3) is 0 Å². The Morgan fingerprint density at radius 3 is 2.56 bits per heavy atom. The number of rotatable bonds is 5. The van der Waals surface area contributed by atoms with E-state index >= 15 is 0 Å². The fraction of sp³-hybridized carbons (Fsp3) is 0.667. The first-order chi connectivity index (χ1) is 7.90. The highest BCUT2D eigenvalue weighted by Gasteiger charge is 2.22. The SMILES string of the molecule is OCCN(Cc1cncnc1)C1CCCC1. The molecule has 0 aliphatic heterocycles. The quantitative estimate of drug-likeness (QED) is 0.812. The molecule has 1 aliphatic carbocycles. The van der Waals surface area contributed by atoms with E-state index < -0.39 is 0 Å². The summed E-state index contributed by atoms with van der Waals surface area (Å²) in [6.45, 7) is 1.83. The predicted molar refractivity (Wildman–Crippen MR) is 61.8 cm³/mol. The molecule has 1 N–H and O–H groups in total. The zero-order valence-corrected chi connectivity index (χ0v) is 9.55. The van der Waals surface area contributed by atoms with Gasteiger partial charge in [-0.25, -0.2) is 9.97 Å². The molecule has 1 fully saturated rings. The molecule has 0 bridgehead atoms. The lowest BCUT2D eigenvalue weighted by atomic mass is 10.2. The maximum Gasteiger partial charge on any atom is 0.115 e. The summed E-state index contributed by atoms with van der Waals surface area (Å²) in [5.41, 5.74) is 1.13. The third-order valence-electron chi connectivity index (χ3n) is 3.23. The standard InChI is InChI=1S/C12H19N3O/c16-6-5-15(12-3-1-2-4-12)9-11-7-13-10-14-8-11/h7-8,10,12,16H,1-6,9H2. The van der Waals surface area contributed by atoms with Gasteiger partial charge in [0.2, 0.25) is 0 Å². The number of hydrogen-bond donors (Lipinski definition) is 1. The Kier molecular flexibility index (Phi) is 4.25. The highest BCUT2D eigenvalue weighted by molar-refractivity contribution is 5.02. The zero-order chi connectivity index (χ0) is 11.2. The van der Waals surface area contributed by atoms with Crippen LogP contribution >= 0.6 is 0 Å². The van der Waals surface area contributed by atoms with Crippen LogP contribution in [-0.2, 0) is 6.54 Å². The molecule has 0 atom stereocenters. The summed E-state index contributed by atoms with van der Waals surface area (Å²) < 4.78 is 0. The summed E-state index contributed by atoms with van der Waals surface area (Å²) in [6, 6.07) is 0.632. The van der Waals surface area contributed by atoms with Gasteiger partial charge >= 0.3 is 0 Å². The molecular formula is C12H19N3O. The average Bonchev–Trinajstić information content (AvgIpc) is 2.83. The van der Waals surface area contributed by atoms with Gasteiger partial charge in [-0.3, -0.25) is 4.90 Å². The summed E-state index contributed by atoms with van der Waals surface area (Å²) in [6.07, 6.45) is 10.4. The highest BCUT2D eigenvalue weighted by Crippen LogP contribution is 2.24. The highest BCUT2D eigenvalue weighted by atomic mass is 16.3. The van der Waals surface area contributed by atoms with Gasteiger partial charge in [-0.2, -0.15) is 0 Å². The third kappa shape index (κ3) is 3.00. The van der Waals surface area contributed by atoms with Crippen LogP contribution in [0.2, 0.25) is 0 Å². The predicted octanol–water partition coefficient (Wildman–Crippen LogP) is 1.21. The van der Waals surface area contributed by atoms with Crippen LogP contribution in [0.25, 0.3) is 0 Å². The Labute approximate surface area is 96.3 Å². The molecule has 0 spiro atoms. The summed E-state index contributed by atoms with van der Waals surface area (Å²) >= 11 is 0. The third-order valence-corrected chi connectivity index (χ3v) is 3.23. The fourth-order valence-electron chi connectivity index (χ4n) is 2.43. The molecule has 0 amide bonds. The van der Waals surface area contributed by atoms with E-state index in [9.17, 15) is 0 Å². The molecular weight excluding hydrogens is 202 g/mol. The maximum atomic E-state index is 9.10. The van der Waals surface area contributed by atoms with Crippen LogP contribution in [0.5, 0.6) is 0 Å². The van der Waals surface area contributed by atoms with Crippen molar-refractivity contribution < 1.29 is 5.11 Å². The number of aliphatic hydroxyl groups is 1. The van der Waals surface area contributed by atoms with Gasteiger partial charge in [0.15, 0.2) is 0 Å². The molecule has 0 radical (unpaired) electrons. The molecule has 88 valence electrons. The molecule has 16 heavy (non-hydrogen) atoms. The van der Waals surface area contributed by atoms with Crippen LogP contribution in [0.3, 0.4) is 0 Å². The van der Waals surface area contributed by atoms with Crippen molar-refractivity contribution in [1.29, 1.82) is 0 Å². The Balaban J connectivity index is 1.96. The lowest BCUT2D eigenvalue weighted by Crippen LogP contribution is -2.35. The smallest absolute Gasteiger partial charge is 0.115 e. The van der Waals surface area contributed by atoms with E-state index in [2.05, 4.69) is 14.9 Å². The van der Waals surface area contributed by atoms with Crippen molar-refractivity contribution in [2.24, 2.45) is 0 Å². The minimum atomic E-state index is 0.226.